The summed E-state index contributed by atoms with van der Waals surface area (Å²) in [5, 5.41) is 3.22. The Morgan fingerprint density at radius 1 is 1.25 bits per heavy atom. The monoisotopic (exact) mass is 276 g/mol. The summed E-state index contributed by atoms with van der Waals surface area (Å²) in [5.41, 5.74) is 11.8. The number of fused-ring (bicyclic) bond motifs is 1. The zero-order valence-corrected chi connectivity index (χ0v) is 12.0. The van der Waals surface area contributed by atoms with Gasteiger partial charge in [-0.3, -0.25) is 0 Å². The van der Waals surface area contributed by atoms with Gasteiger partial charge in [-0.2, -0.15) is 0 Å². The van der Waals surface area contributed by atoms with Gasteiger partial charge in [0.25, 0.3) is 0 Å². The van der Waals surface area contributed by atoms with E-state index in [1.54, 1.807) is 0 Å². The molecule has 3 atom stereocenters. The Hall–Kier alpha value is -1.27. The number of likely N-dealkylation sites (tertiary alicyclic amines) is 2. The van der Waals surface area contributed by atoms with Crippen LogP contribution in [0.15, 0.2) is 16.9 Å². The quantitative estimate of drug-likeness (QED) is 0.621. The fraction of sp³-hybridized carbons (Fsp3) is 0.786. The zero-order chi connectivity index (χ0) is 13.9. The standard InChI is InChI=1S/C14H24N6/c1-19-5-9-7-20(8-10(9)6-19)12-4-14(16,11-2-3-11)18-13(15)17-12/h4,9-11H,2-3,5-8,16H2,1H3,(H3,15,17,18). The second-order valence-electron chi connectivity index (χ2n) is 6.96. The minimum atomic E-state index is -0.584. The van der Waals surface area contributed by atoms with Gasteiger partial charge in [0.05, 0.1) is 0 Å². The van der Waals surface area contributed by atoms with Gasteiger partial charge in [0.1, 0.15) is 11.5 Å². The molecule has 0 amide bonds. The van der Waals surface area contributed by atoms with Crippen molar-refractivity contribution in [3.8, 4) is 0 Å². The van der Waals surface area contributed by atoms with E-state index in [2.05, 4.69) is 33.2 Å². The maximum Gasteiger partial charge on any atom is 0.196 e. The van der Waals surface area contributed by atoms with Crippen molar-refractivity contribution in [3.63, 3.8) is 0 Å². The molecule has 4 aliphatic rings. The third-order valence-corrected chi connectivity index (χ3v) is 5.18. The molecule has 4 rings (SSSR count). The normalized spacial score (nSPS) is 41.2. The fourth-order valence-corrected chi connectivity index (χ4v) is 4.00. The second kappa shape index (κ2) is 4.11. The van der Waals surface area contributed by atoms with Crippen molar-refractivity contribution in [1.82, 2.24) is 15.1 Å². The van der Waals surface area contributed by atoms with Gasteiger partial charge in [-0.25, -0.2) is 4.99 Å². The molecule has 20 heavy (non-hydrogen) atoms. The van der Waals surface area contributed by atoms with Crippen LogP contribution in [0, 0.1) is 17.8 Å². The summed E-state index contributed by atoms with van der Waals surface area (Å²) in [6.45, 7) is 4.60. The predicted molar refractivity (Wildman–Crippen MR) is 78.5 cm³/mol. The first-order chi connectivity index (χ1) is 9.53. The van der Waals surface area contributed by atoms with E-state index in [4.69, 9.17) is 11.5 Å². The van der Waals surface area contributed by atoms with Crippen LogP contribution < -0.4 is 16.8 Å². The van der Waals surface area contributed by atoms with E-state index in [1.807, 2.05) is 0 Å². The van der Waals surface area contributed by atoms with Crippen LogP contribution in [-0.4, -0.2) is 54.6 Å². The predicted octanol–water partition coefficient (Wildman–Crippen LogP) is -0.696. The molecule has 0 radical (unpaired) electrons. The van der Waals surface area contributed by atoms with E-state index in [0.29, 0.717) is 11.9 Å². The highest BCUT2D eigenvalue weighted by Gasteiger charge is 2.45. The Labute approximate surface area is 119 Å². The van der Waals surface area contributed by atoms with E-state index in [1.165, 1.54) is 13.1 Å². The van der Waals surface area contributed by atoms with Crippen LogP contribution in [0.4, 0.5) is 0 Å². The lowest BCUT2D eigenvalue weighted by Gasteiger charge is -2.33. The van der Waals surface area contributed by atoms with Crippen molar-refractivity contribution >= 4 is 5.96 Å². The summed E-state index contributed by atoms with van der Waals surface area (Å²) in [6.07, 6.45) is 4.42. The molecule has 0 spiro atoms. The number of rotatable bonds is 2. The third-order valence-electron chi connectivity index (χ3n) is 5.18. The lowest BCUT2D eigenvalue weighted by atomic mass is 10.0. The van der Waals surface area contributed by atoms with Crippen LogP contribution in [0.2, 0.25) is 0 Å². The molecule has 1 aliphatic carbocycles. The lowest BCUT2D eigenvalue weighted by Crippen LogP contribution is -2.51. The van der Waals surface area contributed by atoms with Gasteiger partial charge in [0, 0.05) is 32.1 Å². The van der Waals surface area contributed by atoms with Gasteiger partial charge < -0.3 is 26.6 Å². The minimum Gasteiger partial charge on any atom is -0.370 e. The van der Waals surface area contributed by atoms with E-state index >= 15 is 0 Å². The molecule has 110 valence electrons. The zero-order valence-electron chi connectivity index (χ0n) is 12.0. The first-order valence-corrected chi connectivity index (χ1v) is 7.61. The number of nitrogens with two attached hydrogens (primary N) is 2. The van der Waals surface area contributed by atoms with E-state index in [0.717, 1.165) is 43.6 Å². The summed E-state index contributed by atoms with van der Waals surface area (Å²) >= 11 is 0. The largest absolute Gasteiger partial charge is 0.370 e. The fourth-order valence-electron chi connectivity index (χ4n) is 4.00. The van der Waals surface area contributed by atoms with Crippen LogP contribution in [0.25, 0.3) is 0 Å². The van der Waals surface area contributed by atoms with Crippen molar-refractivity contribution in [1.29, 1.82) is 0 Å². The minimum absolute atomic E-state index is 0.464. The molecule has 3 unspecified atom stereocenters. The highest BCUT2D eigenvalue weighted by Crippen LogP contribution is 2.42. The molecule has 0 bridgehead atoms. The Kier molecular flexibility index (Phi) is 2.57. The summed E-state index contributed by atoms with van der Waals surface area (Å²) in [7, 11) is 2.21. The smallest absolute Gasteiger partial charge is 0.196 e. The van der Waals surface area contributed by atoms with Gasteiger partial charge in [-0.1, -0.05) is 0 Å². The number of aliphatic imine (C=N–C) groups is 1. The second-order valence-corrected chi connectivity index (χ2v) is 6.96. The first-order valence-electron chi connectivity index (χ1n) is 7.61. The average molecular weight is 276 g/mol. The summed E-state index contributed by atoms with van der Waals surface area (Å²) in [6, 6.07) is 0. The molecule has 0 aromatic rings. The molecular formula is C14H24N6. The Morgan fingerprint density at radius 2 is 1.90 bits per heavy atom. The SMILES string of the molecule is CN1CC2CN(C3=CC(N)(C4CC4)N=C(N)N3)CC2C1. The van der Waals surface area contributed by atoms with Crippen molar-refractivity contribution in [2.24, 2.45) is 34.2 Å². The topological polar surface area (TPSA) is 82.9 Å². The molecular weight excluding hydrogens is 252 g/mol. The number of nitrogens with zero attached hydrogens (tertiary/aromatic N) is 3. The van der Waals surface area contributed by atoms with Gasteiger partial charge >= 0.3 is 0 Å². The van der Waals surface area contributed by atoms with Crippen LogP contribution in [-0.2, 0) is 0 Å². The molecule has 2 saturated heterocycles. The molecule has 3 heterocycles. The third kappa shape index (κ3) is 1.98. The van der Waals surface area contributed by atoms with Crippen molar-refractivity contribution in [3.05, 3.63) is 11.9 Å². The number of nitrogens with one attached hydrogen (secondary N) is 1. The summed E-state index contributed by atoms with van der Waals surface area (Å²) < 4.78 is 0. The first kappa shape index (κ1) is 12.5. The van der Waals surface area contributed by atoms with Crippen molar-refractivity contribution < 1.29 is 0 Å². The van der Waals surface area contributed by atoms with Crippen molar-refractivity contribution in [2.45, 2.75) is 18.5 Å². The maximum atomic E-state index is 6.43. The van der Waals surface area contributed by atoms with E-state index in [-0.39, 0.29) is 0 Å². The highest BCUT2D eigenvalue weighted by atomic mass is 15.3. The molecule has 5 N–H and O–H groups in total. The molecule has 3 fully saturated rings. The van der Waals surface area contributed by atoms with Gasteiger partial charge in [0.15, 0.2) is 5.96 Å². The van der Waals surface area contributed by atoms with Crippen LogP contribution >= 0.6 is 0 Å². The molecule has 0 aromatic heterocycles. The summed E-state index contributed by atoms with van der Waals surface area (Å²) in [5.74, 6) is 3.55. The number of hydrogen-bond acceptors (Lipinski definition) is 6. The van der Waals surface area contributed by atoms with Gasteiger partial charge in [-0.15, -0.1) is 0 Å². The molecule has 6 heteroatoms. The Balaban J connectivity index is 1.53. The molecule has 1 saturated carbocycles. The average Bonchev–Trinajstić information content (AvgIpc) is 3.06. The van der Waals surface area contributed by atoms with E-state index < -0.39 is 5.66 Å². The van der Waals surface area contributed by atoms with Gasteiger partial charge in [-0.05, 0) is 37.8 Å². The lowest BCUT2D eigenvalue weighted by molar-refractivity contribution is 0.307. The highest BCUT2D eigenvalue weighted by molar-refractivity contribution is 5.81. The molecule has 0 aromatic carbocycles. The van der Waals surface area contributed by atoms with E-state index in [9.17, 15) is 0 Å². The van der Waals surface area contributed by atoms with Crippen LogP contribution in [0.1, 0.15) is 12.8 Å². The van der Waals surface area contributed by atoms with Gasteiger partial charge in [0.2, 0.25) is 0 Å². The van der Waals surface area contributed by atoms with Crippen molar-refractivity contribution in [2.75, 3.05) is 33.2 Å². The number of hydrogen-bond donors (Lipinski definition) is 3. The molecule has 6 nitrogen and oxygen atoms in total. The number of guanidine groups is 1. The Morgan fingerprint density at radius 3 is 2.50 bits per heavy atom. The Bertz CT molecular complexity index is 468. The van der Waals surface area contributed by atoms with Crippen LogP contribution in [0.3, 0.4) is 0 Å². The summed E-state index contributed by atoms with van der Waals surface area (Å²) in [4.78, 5) is 9.28. The van der Waals surface area contributed by atoms with Crippen LogP contribution in [0.5, 0.6) is 0 Å². The molecule has 3 aliphatic heterocycles. The maximum absolute atomic E-state index is 6.43.